The van der Waals surface area contributed by atoms with Crippen LogP contribution < -0.4 is 5.73 Å². The maximum absolute atomic E-state index is 12.6. The van der Waals surface area contributed by atoms with Crippen LogP contribution >= 0.6 is 0 Å². The standard InChI is InChI=1S/C16H26N4O/c1-4-5-14-8-13(9-15(17)18-14)16(21)20(3)11-12-6-7-19(2)10-12/h8-9,12H,4-7,10-11H2,1-3H3,(H2,17,18). The third-order valence-corrected chi connectivity index (χ3v) is 4.02. The fourth-order valence-corrected chi connectivity index (χ4v) is 2.98. The van der Waals surface area contributed by atoms with Crippen molar-refractivity contribution in [2.45, 2.75) is 26.2 Å². The number of hydrogen-bond donors (Lipinski definition) is 1. The zero-order chi connectivity index (χ0) is 15.4. The number of aryl methyl sites for hydroxylation is 1. The second kappa shape index (κ2) is 6.89. The summed E-state index contributed by atoms with van der Waals surface area (Å²) in [6.07, 6.45) is 3.00. The Labute approximate surface area is 127 Å². The van der Waals surface area contributed by atoms with Crippen LogP contribution in [0.15, 0.2) is 12.1 Å². The Balaban J connectivity index is 2.04. The minimum atomic E-state index is 0.0380. The molecule has 0 saturated carbocycles. The number of nitrogen functional groups attached to an aromatic ring is 1. The van der Waals surface area contributed by atoms with Crippen LogP contribution in [0.25, 0.3) is 0 Å². The summed E-state index contributed by atoms with van der Waals surface area (Å²) in [5, 5.41) is 0. The number of amides is 1. The molecule has 0 aliphatic carbocycles. The average molecular weight is 290 g/mol. The maximum Gasteiger partial charge on any atom is 0.253 e. The van der Waals surface area contributed by atoms with E-state index in [9.17, 15) is 4.79 Å². The zero-order valence-electron chi connectivity index (χ0n) is 13.3. The Morgan fingerprint density at radius 2 is 2.29 bits per heavy atom. The normalized spacial score (nSPS) is 18.9. The maximum atomic E-state index is 12.6. The van der Waals surface area contributed by atoms with Gasteiger partial charge in [0.2, 0.25) is 0 Å². The van der Waals surface area contributed by atoms with Crippen LogP contribution in [0.4, 0.5) is 5.82 Å². The van der Waals surface area contributed by atoms with Gasteiger partial charge in [0.05, 0.1) is 0 Å². The third kappa shape index (κ3) is 4.17. The minimum absolute atomic E-state index is 0.0380. The summed E-state index contributed by atoms with van der Waals surface area (Å²) >= 11 is 0. The molecule has 1 fully saturated rings. The largest absolute Gasteiger partial charge is 0.384 e. The van der Waals surface area contributed by atoms with E-state index in [4.69, 9.17) is 5.73 Å². The summed E-state index contributed by atoms with van der Waals surface area (Å²) in [5.41, 5.74) is 7.37. The van der Waals surface area contributed by atoms with Crippen LogP contribution in [0.3, 0.4) is 0 Å². The molecular weight excluding hydrogens is 264 g/mol. The number of rotatable bonds is 5. The molecule has 1 saturated heterocycles. The van der Waals surface area contributed by atoms with Gasteiger partial charge in [-0.1, -0.05) is 13.3 Å². The SMILES string of the molecule is CCCc1cc(C(=O)N(C)CC2CCN(C)C2)cc(N)n1. The van der Waals surface area contributed by atoms with Crippen molar-refractivity contribution in [3.8, 4) is 0 Å². The van der Waals surface area contributed by atoms with E-state index >= 15 is 0 Å². The van der Waals surface area contributed by atoms with Gasteiger partial charge in [0, 0.05) is 31.4 Å². The van der Waals surface area contributed by atoms with Gasteiger partial charge in [0.1, 0.15) is 5.82 Å². The number of likely N-dealkylation sites (tertiary alicyclic amines) is 1. The first-order valence-corrected chi connectivity index (χ1v) is 7.70. The molecule has 0 spiro atoms. The summed E-state index contributed by atoms with van der Waals surface area (Å²) in [4.78, 5) is 21.0. The fourth-order valence-electron chi connectivity index (χ4n) is 2.98. The van der Waals surface area contributed by atoms with Gasteiger partial charge in [0.25, 0.3) is 5.91 Å². The molecule has 5 nitrogen and oxygen atoms in total. The van der Waals surface area contributed by atoms with Gasteiger partial charge < -0.3 is 15.5 Å². The van der Waals surface area contributed by atoms with Crippen LogP contribution in [0, 0.1) is 5.92 Å². The Hall–Kier alpha value is -1.62. The van der Waals surface area contributed by atoms with E-state index in [2.05, 4.69) is 23.9 Å². The molecule has 21 heavy (non-hydrogen) atoms. The van der Waals surface area contributed by atoms with E-state index in [1.165, 1.54) is 0 Å². The predicted octanol–water partition coefficient (Wildman–Crippen LogP) is 1.64. The van der Waals surface area contributed by atoms with E-state index in [0.29, 0.717) is 17.3 Å². The lowest BCUT2D eigenvalue weighted by atomic mass is 10.1. The highest BCUT2D eigenvalue weighted by Crippen LogP contribution is 2.17. The van der Waals surface area contributed by atoms with Gasteiger partial charge in [-0.15, -0.1) is 0 Å². The van der Waals surface area contributed by atoms with Crippen LogP contribution in [-0.4, -0.2) is 54.4 Å². The van der Waals surface area contributed by atoms with Crippen molar-refractivity contribution >= 4 is 11.7 Å². The monoisotopic (exact) mass is 290 g/mol. The Morgan fingerprint density at radius 1 is 1.52 bits per heavy atom. The molecule has 0 bridgehead atoms. The molecule has 2 rings (SSSR count). The van der Waals surface area contributed by atoms with Crippen molar-refractivity contribution in [3.05, 3.63) is 23.4 Å². The number of carbonyl (C=O) groups excluding carboxylic acids is 1. The number of nitrogens with two attached hydrogens (primary N) is 1. The van der Waals surface area contributed by atoms with E-state index in [1.54, 1.807) is 6.07 Å². The number of aromatic nitrogens is 1. The van der Waals surface area contributed by atoms with Crippen molar-refractivity contribution < 1.29 is 4.79 Å². The fraction of sp³-hybridized carbons (Fsp3) is 0.625. The Morgan fingerprint density at radius 3 is 2.90 bits per heavy atom. The highest BCUT2D eigenvalue weighted by molar-refractivity contribution is 5.94. The smallest absolute Gasteiger partial charge is 0.253 e. The molecular formula is C16H26N4O. The van der Waals surface area contributed by atoms with E-state index in [1.807, 2.05) is 18.0 Å². The Kier molecular flexibility index (Phi) is 5.17. The number of hydrogen-bond acceptors (Lipinski definition) is 4. The molecule has 1 aromatic rings. The van der Waals surface area contributed by atoms with Gasteiger partial charge >= 0.3 is 0 Å². The quantitative estimate of drug-likeness (QED) is 0.895. The highest BCUT2D eigenvalue weighted by atomic mass is 16.2. The molecule has 0 radical (unpaired) electrons. The molecule has 0 aromatic carbocycles. The lowest BCUT2D eigenvalue weighted by molar-refractivity contribution is 0.0774. The predicted molar refractivity (Wildman–Crippen MR) is 85.2 cm³/mol. The van der Waals surface area contributed by atoms with Gasteiger partial charge in [-0.05, 0) is 44.5 Å². The van der Waals surface area contributed by atoms with E-state index < -0.39 is 0 Å². The highest BCUT2D eigenvalue weighted by Gasteiger charge is 2.23. The first-order valence-electron chi connectivity index (χ1n) is 7.70. The summed E-state index contributed by atoms with van der Waals surface area (Å²) in [6, 6.07) is 3.55. The van der Waals surface area contributed by atoms with Crippen LogP contribution in [0.1, 0.15) is 35.8 Å². The molecule has 1 aliphatic heterocycles. The molecule has 1 aliphatic rings. The molecule has 2 heterocycles. The lowest BCUT2D eigenvalue weighted by Crippen LogP contribution is -2.33. The van der Waals surface area contributed by atoms with E-state index in [-0.39, 0.29) is 5.91 Å². The van der Waals surface area contributed by atoms with Crippen LogP contribution in [-0.2, 0) is 6.42 Å². The zero-order valence-corrected chi connectivity index (χ0v) is 13.3. The van der Waals surface area contributed by atoms with Gasteiger partial charge in [-0.2, -0.15) is 0 Å². The minimum Gasteiger partial charge on any atom is -0.384 e. The molecule has 1 unspecified atom stereocenters. The van der Waals surface area contributed by atoms with Crippen molar-refractivity contribution in [2.24, 2.45) is 5.92 Å². The summed E-state index contributed by atoms with van der Waals surface area (Å²) in [6.45, 7) is 5.08. The molecule has 1 atom stereocenters. The summed E-state index contributed by atoms with van der Waals surface area (Å²) < 4.78 is 0. The van der Waals surface area contributed by atoms with Crippen LogP contribution in [0.5, 0.6) is 0 Å². The first kappa shape index (κ1) is 15.8. The van der Waals surface area contributed by atoms with Crippen molar-refractivity contribution in [3.63, 3.8) is 0 Å². The third-order valence-electron chi connectivity index (χ3n) is 4.02. The average Bonchev–Trinajstić information content (AvgIpc) is 2.83. The summed E-state index contributed by atoms with van der Waals surface area (Å²) in [7, 11) is 4.00. The number of carbonyl (C=O) groups is 1. The number of nitrogens with zero attached hydrogens (tertiary/aromatic N) is 3. The topological polar surface area (TPSA) is 62.5 Å². The molecule has 1 amide bonds. The van der Waals surface area contributed by atoms with Crippen LogP contribution in [0.2, 0.25) is 0 Å². The van der Waals surface area contributed by atoms with Gasteiger partial charge in [-0.25, -0.2) is 4.98 Å². The van der Waals surface area contributed by atoms with Crippen molar-refractivity contribution in [1.29, 1.82) is 0 Å². The second-order valence-corrected chi connectivity index (χ2v) is 6.12. The molecule has 116 valence electrons. The van der Waals surface area contributed by atoms with Gasteiger partial charge in [-0.3, -0.25) is 4.79 Å². The number of anilines is 1. The van der Waals surface area contributed by atoms with Gasteiger partial charge in [0.15, 0.2) is 0 Å². The van der Waals surface area contributed by atoms with E-state index in [0.717, 1.165) is 44.6 Å². The molecule has 2 N–H and O–H groups in total. The first-order chi connectivity index (χ1) is 9.99. The molecule has 5 heteroatoms. The lowest BCUT2D eigenvalue weighted by Gasteiger charge is -2.21. The Bertz CT molecular complexity index is 503. The van der Waals surface area contributed by atoms with Crippen molar-refractivity contribution in [2.75, 3.05) is 39.5 Å². The molecule has 1 aromatic heterocycles. The second-order valence-electron chi connectivity index (χ2n) is 6.12. The van der Waals surface area contributed by atoms with Crippen molar-refractivity contribution in [1.82, 2.24) is 14.8 Å². The summed E-state index contributed by atoms with van der Waals surface area (Å²) in [5.74, 6) is 1.03. The number of pyridine rings is 1.